The van der Waals surface area contributed by atoms with Crippen LogP contribution in [0.1, 0.15) is 35.2 Å². The van der Waals surface area contributed by atoms with E-state index in [9.17, 15) is 9.90 Å². The van der Waals surface area contributed by atoms with Crippen LogP contribution in [0.3, 0.4) is 0 Å². The SMILES string of the molecule is O=C(c1ccccc1)[C@H]1CCC[C@]1(O)c1ccccc1. The fraction of sp³-hybridized carbons (Fsp3) is 0.278. The van der Waals surface area contributed by atoms with Crippen LogP contribution in [0.25, 0.3) is 0 Å². The van der Waals surface area contributed by atoms with Crippen molar-refractivity contribution in [3.05, 3.63) is 71.8 Å². The number of Topliss-reactive ketones (excluding diaryl/α,β-unsaturated/α-hetero) is 1. The summed E-state index contributed by atoms with van der Waals surface area (Å²) >= 11 is 0. The first-order valence-electron chi connectivity index (χ1n) is 7.09. The average Bonchev–Trinajstić information content (AvgIpc) is 2.91. The minimum atomic E-state index is -1.02. The van der Waals surface area contributed by atoms with Crippen molar-refractivity contribution in [3.8, 4) is 0 Å². The van der Waals surface area contributed by atoms with Crippen molar-refractivity contribution in [3.63, 3.8) is 0 Å². The molecule has 0 spiro atoms. The summed E-state index contributed by atoms with van der Waals surface area (Å²) in [4.78, 5) is 12.7. The lowest BCUT2D eigenvalue weighted by molar-refractivity contribution is 0.00312. The second kappa shape index (κ2) is 5.22. The van der Waals surface area contributed by atoms with Crippen LogP contribution in [-0.4, -0.2) is 10.9 Å². The molecule has 2 heteroatoms. The molecular weight excluding hydrogens is 248 g/mol. The first-order chi connectivity index (χ1) is 9.72. The Labute approximate surface area is 119 Å². The second-order valence-corrected chi connectivity index (χ2v) is 5.47. The summed E-state index contributed by atoms with van der Waals surface area (Å²) in [6.07, 6.45) is 2.29. The molecule has 3 rings (SSSR count). The maximum absolute atomic E-state index is 12.7. The van der Waals surface area contributed by atoms with E-state index in [0.717, 1.165) is 18.4 Å². The van der Waals surface area contributed by atoms with E-state index in [0.29, 0.717) is 12.0 Å². The van der Waals surface area contributed by atoms with Gasteiger partial charge in [0, 0.05) is 5.56 Å². The summed E-state index contributed by atoms with van der Waals surface area (Å²) in [6.45, 7) is 0. The van der Waals surface area contributed by atoms with Gasteiger partial charge >= 0.3 is 0 Å². The van der Waals surface area contributed by atoms with E-state index in [-0.39, 0.29) is 11.7 Å². The van der Waals surface area contributed by atoms with E-state index in [4.69, 9.17) is 0 Å². The Hall–Kier alpha value is -1.93. The topological polar surface area (TPSA) is 37.3 Å². The van der Waals surface area contributed by atoms with Gasteiger partial charge in [-0.2, -0.15) is 0 Å². The molecule has 1 N–H and O–H groups in total. The summed E-state index contributed by atoms with van der Waals surface area (Å²) in [7, 11) is 0. The van der Waals surface area contributed by atoms with Crippen molar-refractivity contribution in [1.82, 2.24) is 0 Å². The van der Waals surface area contributed by atoms with Crippen molar-refractivity contribution < 1.29 is 9.90 Å². The van der Waals surface area contributed by atoms with Crippen molar-refractivity contribution in [2.24, 2.45) is 5.92 Å². The van der Waals surface area contributed by atoms with Crippen LogP contribution in [0, 0.1) is 5.92 Å². The average molecular weight is 266 g/mol. The molecule has 1 fully saturated rings. The Morgan fingerprint density at radius 3 is 2.25 bits per heavy atom. The first kappa shape index (κ1) is 13.1. The summed E-state index contributed by atoms with van der Waals surface area (Å²) in [5, 5.41) is 11.0. The molecule has 2 aromatic rings. The zero-order valence-electron chi connectivity index (χ0n) is 11.3. The maximum atomic E-state index is 12.7. The summed E-state index contributed by atoms with van der Waals surface area (Å²) in [5.41, 5.74) is 0.523. The normalized spacial score (nSPS) is 25.6. The lowest BCUT2D eigenvalue weighted by Gasteiger charge is -2.29. The third-order valence-corrected chi connectivity index (χ3v) is 4.28. The number of carbonyl (C=O) groups excluding carboxylic acids is 1. The third kappa shape index (κ3) is 2.16. The Bertz CT molecular complexity index is 591. The Balaban J connectivity index is 1.95. The van der Waals surface area contributed by atoms with Crippen LogP contribution < -0.4 is 0 Å². The van der Waals surface area contributed by atoms with E-state index in [2.05, 4.69) is 0 Å². The lowest BCUT2D eigenvalue weighted by Crippen LogP contribution is -2.35. The number of hydrogen-bond donors (Lipinski definition) is 1. The Morgan fingerprint density at radius 1 is 1.00 bits per heavy atom. The predicted molar refractivity (Wildman–Crippen MR) is 78.5 cm³/mol. The van der Waals surface area contributed by atoms with Gasteiger partial charge in [0.25, 0.3) is 0 Å². The third-order valence-electron chi connectivity index (χ3n) is 4.28. The van der Waals surface area contributed by atoms with Crippen molar-refractivity contribution in [1.29, 1.82) is 0 Å². The smallest absolute Gasteiger partial charge is 0.169 e. The maximum Gasteiger partial charge on any atom is 0.169 e. The van der Waals surface area contributed by atoms with E-state index in [1.54, 1.807) is 0 Å². The van der Waals surface area contributed by atoms with E-state index >= 15 is 0 Å². The first-order valence-corrected chi connectivity index (χ1v) is 7.09. The molecule has 0 radical (unpaired) electrons. The van der Waals surface area contributed by atoms with Crippen LogP contribution in [0.4, 0.5) is 0 Å². The summed E-state index contributed by atoms with van der Waals surface area (Å²) in [6, 6.07) is 18.9. The number of carbonyl (C=O) groups is 1. The number of benzene rings is 2. The van der Waals surface area contributed by atoms with Gasteiger partial charge in [-0.1, -0.05) is 60.7 Å². The van der Waals surface area contributed by atoms with Crippen LogP contribution in [0.5, 0.6) is 0 Å². The molecule has 0 aliphatic heterocycles. The number of rotatable bonds is 3. The van der Waals surface area contributed by atoms with Gasteiger partial charge in [0.05, 0.1) is 11.5 Å². The molecule has 1 aliphatic rings. The molecular formula is C18H18O2. The molecule has 2 atom stereocenters. The van der Waals surface area contributed by atoms with E-state index in [1.165, 1.54) is 0 Å². The standard InChI is InChI=1S/C18H18O2/c19-17(14-8-3-1-4-9-14)16-12-7-13-18(16,20)15-10-5-2-6-11-15/h1-6,8-11,16,20H,7,12-13H2/t16-,18+/m1/s1. The van der Waals surface area contributed by atoms with Gasteiger partial charge in [-0.3, -0.25) is 4.79 Å². The van der Waals surface area contributed by atoms with E-state index < -0.39 is 5.60 Å². The number of hydrogen-bond acceptors (Lipinski definition) is 2. The van der Waals surface area contributed by atoms with Crippen LogP contribution in [0.15, 0.2) is 60.7 Å². The van der Waals surface area contributed by atoms with Crippen molar-refractivity contribution in [2.45, 2.75) is 24.9 Å². The highest BCUT2D eigenvalue weighted by molar-refractivity contribution is 5.98. The van der Waals surface area contributed by atoms with Gasteiger partial charge in [0.15, 0.2) is 5.78 Å². The van der Waals surface area contributed by atoms with Gasteiger partial charge in [0.1, 0.15) is 0 Å². The molecule has 0 unspecified atom stereocenters. The molecule has 20 heavy (non-hydrogen) atoms. The van der Waals surface area contributed by atoms with Crippen LogP contribution >= 0.6 is 0 Å². The molecule has 0 bridgehead atoms. The largest absolute Gasteiger partial charge is 0.384 e. The minimum Gasteiger partial charge on any atom is -0.384 e. The highest BCUT2D eigenvalue weighted by atomic mass is 16.3. The zero-order valence-corrected chi connectivity index (χ0v) is 11.3. The summed E-state index contributed by atoms with van der Waals surface area (Å²) in [5.74, 6) is -0.290. The molecule has 0 aromatic heterocycles. The molecule has 1 aliphatic carbocycles. The van der Waals surface area contributed by atoms with Gasteiger partial charge in [-0.25, -0.2) is 0 Å². The second-order valence-electron chi connectivity index (χ2n) is 5.47. The molecule has 0 heterocycles. The van der Waals surface area contributed by atoms with Gasteiger partial charge < -0.3 is 5.11 Å². The Kier molecular flexibility index (Phi) is 3.41. The highest BCUT2D eigenvalue weighted by Gasteiger charge is 2.46. The highest BCUT2D eigenvalue weighted by Crippen LogP contribution is 2.44. The molecule has 1 saturated carbocycles. The number of aliphatic hydroxyl groups is 1. The summed E-state index contributed by atoms with van der Waals surface area (Å²) < 4.78 is 0. The predicted octanol–water partition coefficient (Wildman–Crippen LogP) is 3.56. The fourth-order valence-electron chi connectivity index (χ4n) is 3.21. The van der Waals surface area contributed by atoms with Crippen molar-refractivity contribution >= 4 is 5.78 Å². The number of ketones is 1. The Morgan fingerprint density at radius 2 is 1.60 bits per heavy atom. The molecule has 2 nitrogen and oxygen atoms in total. The monoisotopic (exact) mass is 266 g/mol. The van der Waals surface area contributed by atoms with Crippen LogP contribution in [0.2, 0.25) is 0 Å². The fourth-order valence-corrected chi connectivity index (χ4v) is 3.21. The van der Waals surface area contributed by atoms with Crippen molar-refractivity contribution in [2.75, 3.05) is 0 Å². The lowest BCUT2D eigenvalue weighted by atomic mass is 9.80. The minimum absolute atomic E-state index is 0.0504. The zero-order chi connectivity index (χ0) is 14.0. The quantitative estimate of drug-likeness (QED) is 0.862. The molecule has 0 amide bonds. The van der Waals surface area contributed by atoms with E-state index in [1.807, 2.05) is 60.7 Å². The van der Waals surface area contributed by atoms with Gasteiger partial charge in [0.2, 0.25) is 0 Å². The van der Waals surface area contributed by atoms with Crippen LogP contribution in [-0.2, 0) is 5.60 Å². The molecule has 102 valence electrons. The van der Waals surface area contributed by atoms with Gasteiger partial charge in [-0.15, -0.1) is 0 Å². The molecule has 2 aromatic carbocycles. The van der Waals surface area contributed by atoms with Gasteiger partial charge in [-0.05, 0) is 24.8 Å². The molecule has 0 saturated heterocycles.